The summed E-state index contributed by atoms with van der Waals surface area (Å²) in [5.41, 5.74) is -0.0235. The number of anilines is 4. The number of rotatable bonds is 11. The summed E-state index contributed by atoms with van der Waals surface area (Å²) in [6, 6.07) is 10.5. The molecule has 0 aliphatic carbocycles. The minimum Gasteiger partial charge on any atom is -0.744 e. The van der Waals surface area contributed by atoms with Gasteiger partial charge in [-0.1, -0.05) is 12.1 Å². The van der Waals surface area contributed by atoms with Gasteiger partial charge in [0.2, 0.25) is 17.1 Å². The van der Waals surface area contributed by atoms with Crippen molar-refractivity contribution >= 4 is 97.3 Å². The van der Waals surface area contributed by atoms with Crippen LogP contribution in [-0.2, 0) is 49.8 Å². The molecule has 25 heteroatoms. The summed E-state index contributed by atoms with van der Waals surface area (Å²) < 4.78 is 145. The fourth-order valence-electron chi connectivity index (χ4n) is 4.27. The maximum absolute atomic E-state index is 11.8. The lowest BCUT2D eigenvalue weighted by atomic mass is 10.1. The van der Waals surface area contributed by atoms with E-state index in [9.17, 15) is 57.1 Å². The van der Waals surface area contributed by atoms with Crippen LogP contribution in [0.5, 0.6) is 0 Å². The maximum Gasteiger partial charge on any atom is 0.240 e. The second-order valence-corrected chi connectivity index (χ2v) is 15.4. The Morgan fingerprint density at radius 2 is 1.08 bits per heavy atom. The molecule has 1 heterocycles. The normalized spacial score (nSPS) is 12.8. The van der Waals surface area contributed by atoms with E-state index in [4.69, 9.17) is 0 Å². The Balaban J connectivity index is 1.57. The Morgan fingerprint density at radius 1 is 0.583 bits per heavy atom. The second-order valence-electron chi connectivity index (χ2n) is 9.27. The molecule has 0 fully saturated rings. The van der Waals surface area contributed by atoms with Crippen molar-refractivity contribution in [2.75, 3.05) is 10.6 Å². The SMILES string of the molecule is O=S(=O)([O-])c1cc(S(=O)(=O)[O-])c2ccc(Nc3nc(Nc4ccc5c(S(=O)(=O)[O-])cc(SOO[O-])cc5c4)nc(S(=O)(=O)[O-])n3)cc2c1. The van der Waals surface area contributed by atoms with E-state index < -0.39 is 72.2 Å². The molecule has 5 aromatic rings. The number of hydrogen-bond donors (Lipinski definition) is 2. The lowest BCUT2D eigenvalue weighted by Gasteiger charge is -2.16. The lowest BCUT2D eigenvalue weighted by Crippen LogP contribution is -2.11. The lowest BCUT2D eigenvalue weighted by molar-refractivity contribution is -0.777. The van der Waals surface area contributed by atoms with Gasteiger partial charge in [-0.2, -0.15) is 19.3 Å². The van der Waals surface area contributed by atoms with Gasteiger partial charge in [0.05, 0.1) is 26.7 Å². The Morgan fingerprint density at radius 3 is 1.54 bits per heavy atom. The zero-order valence-electron chi connectivity index (χ0n) is 22.8. The molecule has 0 radical (unpaired) electrons. The Kier molecular flexibility index (Phi) is 9.33. The molecule has 0 unspecified atom stereocenters. The highest BCUT2D eigenvalue weighted by Crippen LogP contribution is 2.33. The van der Waals surface area contributed by atoms with Gasteiger partial charge >= 0.3 is 0 Å². The molecule has 0 aliphatic heterocycles. The van der Waals surface area contributed by atoms with Crippen LogP contribution in [0.4, 0.5) is 23.3 Å². The molecule has 0 atom stereocenters. The van der Waals surface area contributed by atoms with Crippen LogP contribution in [0.3, 0.4) is 0 Å². The quantitative estimate of drug-likeness (QED) is 0.0801. The number of benzene rings is 4. The van der Waals surface area contributed by atoms with Gasteiger partial charge in [0.1, 0.15) is 30.4 Å². The molecule has 2 N–H and O–H groups in total. The minimum atomic E-state index is -5.33. The van der Waals surface area contributed by atoms with E-state index in [1.165, 1.54) is 24.3 Å². The summed E-state index contributed by atoms with van der Waals surface area (Å²) in [6.07, 6.45) is 0. The van der Waals surface area contributed by atoms with Crippen LogP contribution in [-0.4, -0.2) is 66.8 Å². The average molecular weight is 759 g/mol. The number of nitrogens with zero attached hydrogens (tertiary/aromatic N) is 3. The number of hydrogen-bond acceptors (Lipinski definition) is 21. The molecular formula is C23H12N5O15S5-5. The van der Waals surface area contributed by atoms with Crippen LogP contribution in [0.1, 0.15) is 0 Å². The van der Waals surface area contributed by atoms with Gasteiger partial charge in [-0.15, -0.1) is 0 Å². The third kappa shape index (κ3) is 7.94. The van der Waals surface area contributed by atoms with Crippen LogP contribution in [0, 0.1) is 0 Å². The first-order valence-corrected chi connectivity index (χ1v) is 18.5. The fourth-order valence-corrected chi connectivity index (χ4v) is 7.25. The highest BCUT2D eigenvalue weighted by atomic mass is 32.2. The van der Waals surface area contributed by atoms with Crippen molar-refractivity contribution in [3.05, 3.63) is 60.7 Å². The van der Waals surface area contributed by atoms with E-state index in [-0.39, 0.29) is 37.8 Å². The topological polar surface area (TPSA) is 333 Å². The fraction of sp³-hybridized carbons (Fsp3) is 0. The second kappa shape index (κ2) is 12.7. The van der Waals surface area contributed by atoms with Crippen molar-refractivity contribution in [2.45, 2.75) is 24.7 Å². The van der Waals surface area contributed by atoms with Crippen molar-refractivity contribution in [3.63, 3.8) is 0 Å². The van der Waals surface area contributed by atoms with E-state index in [1.807, 2.05) is 0 Å². The molecule has 0 bridgehead atoms. The van der Waals surface area contributed by atoms with Crippen LogP contribution >= 0.6 is 12.0 Å². The van der Waals surface area contributed by atoms with E-state index in [1.54, 1.807) is 0 Å². The molecule has 48 heavy (non-hydrogen) atoms. The predicted octanol–water partition coefficient (Wildman–Crippen LogP) is 0.512. The van der Waals surface area contributed by atoms with Crippen molar-refractivity contribution in [2.24, 2.45) is 0 Å². The first kappa shape index (κ1) is 35.2. The maximum atomic E-state index is 11.8. The van der Waals surface area contributed by atoms with Gasteiger partial charge < -0.3 is 34.1 Å². The summed E-state index contributed by atoms with van der Waals surface area (Å²) in [6.45, 7) is 0. The largest absolute Gasteiger partial charge is 0.744 e. The van der Waals surface area contributed by atoms with Gasteiger partial charge in [0.15, 0.2) is 10.1 Å². The molecule has 20 nitrogen and oxygen atoms in total. The molecule has 0 saturated carbocycles. The van der Waals surface area contributed by atoms with Gasteiger partial charge in [0.25, 0.3) is 0 Å². The molecule has 0 spiro atoms. The average Bonchev–Trinajstić information content (AvgIpc) is 2.96. The minimum absolute atomic E-state index is 0.0355. The molecular weight excluding hydrogens is 747 g/mol. The van der Waals surface area contributed by atoms with Crippen molar-refractivity contribution in [3.8, 4) is 0 Å². The van der Waals surface area contributed by atoms with E-state index >= 15 is 0 Å². The Hall–Kier alpha value is -4.12. The Bertz CT molecular complexity index is 2570. The zero-order valence-corrected chi connectivity index (χ0v) is 26.9. The molecule has 0 saturated heterocycles. The molecule has 0 aliphatic rings. The van der Waals surface area contributed by atoms with E-state index in [0.717, 1.165) is 30.3 Å². The van der Waals surface area contributed by atoms with Crippen LogP contribution in [0.25, 0.3) is 21.5 Å². The van der Waals surface area contributed by atoms with Crippen LogP contribution < -0.4 is 15.9 Å². The van der Waals surface area contributed by atoms with Crippen LogP contribution in [0.2, 0.25) is 0 Å². The summed E-state index contributed by atoms with van der Waals surface area (Å²) in [4.78, 5) is 8.34. The number of aromatic nitrogens is 3. The van der Waals surface area contributed by atoms with Crippen LogP contribution in [0.15, 0.2) is 85.4 Å². The highest BCUT2D eigenvalue weighted by Gasteiger charge is 2.17. The third-order valence-electron chi connectivity index (χ3n) is 6.11. The van der Waals surface area contributed by atoms with Crippen molar-refractivity contribution in [1.82, 2.24) is 15.0 Å². The van der Waals surface area contributed by atoms with E-state index in [0.29, 0.717) is 18.1 Å². The summed E-state index contributed by atoms with van der Waals surface area (Å²) in [5, 5.41) is 16.8. The van der Waals surface area contributed by atoms with E-state index in [2.05, 4.69) is 35.0 Å². The molecule has 4 aromatic carbocycles. The number of fused-ring (bicyclic) bond motifs is 2. The standard InChI is InChI=1S/C23H17N5O15S5/c29-42-43-44-15-7-11-5-13(1-3-17(11)19(9-15)46(33,34)35)24-21-26-22(28-23(27-21)48(39,40)41)25-14-2-4-18-12(6-14)8-16(45(30,31)32)10-20(18)47(36,37)38/h1-10,29H,(H,30,31,32)(H,33,34,35)(H,36,37,38)(H,39,40,41)(H2,24,25,26,27,28)/p-5. The molecule has 5 rings (SSSR count). The van der Waals surface area contributed by atoms with Crippen molar-refractivity contribution < 1.29 is 66.5 Å². The zero-order chi connectivity index (χ0) is 35.2. The monoisotopic (exact) mass is 758 g/mol. The number of nitrogens with one attached hydrogen (secondary N) is 2. The Labute approximate surface area is 273 Å². The molecule has 1 aromatic heterocycles. The van der Waals surface area contributed by atoms with Gasteiger partial charge in [0, 0.05) is 16.3 Å². The summed E-state index contributed by atoms with van der Waals surface area (Å²) in [5.74, 6) is -1.16. The smallest absolute Gasteiger partial charge is 0.240 e. The van der Waals surface area contributed by atoms with Gasteiger partial charge in [-0.25, -0.2) is 33.7 Å². The first-order chi connectivity index (χ1) is 22.2. The van der Waals surface area contributed by atoms with Crippen molar-refractivity contribution in [1.29, 1.82) is 0 Å². The first-order valence-electron chi connectivity index (χ1n) is 12.1. The summed E-state index contributed by atoms with van der Waals surface area (Å²) >= 11 is 0.296. The van der Waals surface area contributed by atoms with Gasteiger partial charge in [-0.3, -0.25) is 5.04 Å². The van der Waals surface area contributed by atoms with Gasteiger partial charge in [-0.05, 0) is 70.1 Å². The third-order valence-corrected chi connectivity index (χ3v) is 9.86. The molecule has 0 amide bonds. The highest BCUT2D eigenvalue weighted by molar-refractivity contribution is 7.94. The predicted molar refractivity (Wildman–Crippen MR) is 154 cm³/mol. The molecule has 254 valence electrons. The summed E-state index contributed by atoms with van der Waals surface area (Å²) in [7, 11) is -20.8.